The molecule has 0 unspecified atom stereocenters. The lowest BCUT2D eigenvalue weighted by molar-refractivity contribution is -0.120. The predicted octanol–water partition coefficient (Wildman–Crippen LogP) is 1.40. The molecule has 9 heavy (non-hydrogen) atoms. The maximum Gasteiger partial charge on any atom is 0.132 e. The third kappa shape index (κ3) is 1.63. The molecule has 0 aromatic rings. The summed E-state index contributed by atoms with van der Waals surface area (Å²) < 4.78 is 0. The van der Waals surface area contributed by atoms with E-state index < -0.39 is 0 Å². The Kier molecular flexibility index (Phi) is 1.98. The van der Waals surface area contributed by atoms with Gasteiger partial charge >= 0.3 is 0 Å². The number of rotatable bonds is 1. The van der Waals surface area contributed by atoms with Gasteiger partial charge in [-0.15, -0.1) is 0 Å². The van der Waals surface area contributed by atoms with Gasteiger partial charge in [-0.05, 0) is 25.0 Å². The van der Waals surface area contributed by atoms with Crippen LogP contribution in [0.25, 0.3) is 0 Å². The van der Waals surface area contributed by atoms with E-state index >= 15 is 0 Å². The van der Waals surface area contributed by atoms with Crippen LogP contribution >= 0.6 is 0 Å². The molecule has 0 amide bonds. The van der Waals surface area contributed by atoms with Gasteiger partial charge in [-0.1, -0.05) is 0 Å². The molecule has 0 spiro atoms. The van der Waals surface area contributed by atoms with Gasteiger partial charge in [0.15, 0.2) is 0 Å². The fraction of sp³-hybridized carbons (Fsp3) is 0.714. The fourth-order valence-electron chi connectivity index (χ4n) is 1.13. The lowest BCUT2D eigenvalue weighted by atomic mass is 9.89. The number of carbonyl (C=O) groups is 1. The lowest BCUT2D eigenvalue weighted by Crippen LogP contribution is -2.13. The van der Waals surface area contributed by atoms with Crippen LogP contribution in [0.15, 0.2) is 0 Å². The average molecular weight is 125 g/mol. The molecule has 0 atom stereocenters. The van der Waals surface area contributed by atoms with E-state index in [0.29, 0.717) is 24.5 Å². The van der Waals surface area contributed by atoms with Crippen LogP contribution in [0.5, 0.6) is 0 Å². The zero-order valence-electron chi connectivity index (χ0n) is 5.39. The average Bonchev–Trinajstić information content (AvgIpc) is 1.90. The van der Waals surface area contributed by atoms with Gasteiger partial charge < -0.3 is 5.41 Å². The van der Waals surface area contributed by atoms with Crippen molar-refractivity contribution < 1.29 is 4.79 Å². The number of Topliss-reactive ketones (excluding diaryl/α,β-unsaturated/α-hetero) is 1. The number of ketones is 1. The van der Waals surface area contributed by atoms with Crippen molar-refractivity contribution in [3.8, 4) is 0 Å². The van der Waals surface area contributed by atoms with Gasteiger partial charge in [-0.25, -0.2) is 0 Å². The molecule has 0 radical (unpaired) electrons. The number of hydrogen-bond donors (Lipinski definition) is 1. The van der Waals surface area contributed by atoms with E-state index in [4.69, 9.17) is 5.41 Å². The maximum absolute atomic E-state index is 10.6. The highest BCUT2D eigenvalue weighted by molar-refractivity contribution is 5.80. The molecule has 1 fully saturated rings. The van der Waals surface area contributed by atoms with E-state index in [0.717, 1.165) is 12.8 Å². The summed E-state index contributed by atoms with van der Waals surface area (Å²) in [4.78, 5) is 10.6. The highest BCUT2D eigenvalue weighted by Crippen LogP contribution is 2.18. The molecule has 1 aliphatic rings. The predicted molar refractivity (Wildman–Crippen MR) is 35.7 cm³/mol. The zero-order chi connectivity index (χ0) is 6.69. The standard InChI is InChI=1S/C7H11NO/c8-5-6-1-3-7(9)4-2-6/h5-6,8H,1-4H2. The number of nitrogens with one attached hydrogen (secondary N) is 1. The van der Waals surface area contributed by atoms with Crippen molar-refractivity contribution in [2.24, 2.45) is 5.92 Å². The minimum absolute atomic E-state index is 0.369. The first-order chi connectivity index (χ1) is 4.33. The van der Waals surface area contributed by atoms with Gasteiger partial charge in [0.2, 0.25) is 0 Å². The molecule has 0 saturated heterocycles. The molecule has 1 aliphatic carbocycles. The second kappa shape index (κ2) is 2.76. The topological polar surface area (TPSA) is 40.9 Å². The normalized spacial score (nSPS) is 22.0. The van der Waals surface area contributed by atoms with Crippen LogP contribution in [-0.4, -0.2) is 12.0 Å². The number of carbonyl (C=O) groups excluding carboxylic acids is 1. The summed E-state index contributed by atoms with van der Waals surface area (Å²) in [6, 6.07) is 0. The van der Waals surface area contributed by atoms with Crippen LogP contribution in [0.2, 0.25) is 0 Å². The summed E-state index contributed by atoms with van der Waals surface area (Å²) in [5, 5.41) is 6.93. The Morgan fingerprint density at radius 2 is 2.00 bits per heavy atom. The van der Waals surface area contributed by atoms with Crippen molar-refractivity contribution in [3.63, 3.8) is 0 Å². The minimum Gasteiger partial charge on any atom is -0.313 e. The van der Waals surface area contributed by atoms with E-state index in [1.54, 1.807) is 0 Å². The molecule has 0 aromatic heterocycles. The molecular weight excluding hydrogens is 114 g/mol. The van der Waals surface area contributed by atoms with Crippen LogP contribution in [0.1, 0.15) is 25.7 Å². The lowest BCUT2D eigenvalue weighted by Gasteiger charge is -2.15. The first-order valence-corrected chi connectivity index (χ1v) is 3.35. The minimum atomic E-state index is 0.369. The molecule has 0 aliphatic heterocycles. The number of hydrogen-bond acceptors (Lipinski definition) is 2. The van der Waals surface area contributed by atoms with E-state index in [9.17, 15) is 4.79 Å². The van der Waals surface area contributed by atoms with Crippen LogP contribution in [0.4, 0.5) is 0 Å². The first-order valence-electron chi connectivity index (χ1n) is 3.35. The van der Waals surface area contributed by atoms with Crippen LogP contribution in [0, 0.1) is 11.3 Å². The van der Waals surface area contributed by atoms with Gasteiger partial charge in [-0.3, -0.25) is 4.79 Å². The maximum atomic E-state index is 10.6. The summed E-state index contributed by atoms with van der Waals surface area (Å²) in [6.07, 6.45) is 4.66. The summed E-state index contributed by atoms with van der Waals surface area (Å²) in [5.74, 6) is 0.760. The Morgan fingerprint density at radius 1 is 1.44 bits per heavy atom. The molecule has 0 aromatic carbocycles. The highest BCUT2D eigenvalue weighted by Gasteiger charge is 2.15. The fourth-order valence-corrected chi connectivity index (χ4v) is 1.13. The van der Waals surface area contributed by atoms with E-state index in [2.05, 4.69) is 0 Å². The molecule has 2 heteroatoms. The van der Waals surface area contributed by atoms with Gasteiger partial charge in [-0.2, -0.15) is 0 Å². The van der Waals surface area contributed by atoms with E-state index in [-0.39, 0.29) is 0 Å². The van der Waals surface area contributed by atoms with Crippen molar-refractivity contribution in [2.75, 3.05) is 0 Å². The third-order valence-electron chi connectivity index (χ3n) is 1.82. The van der Waals surface area contributed by atoms with Gasteiger partial charge in [0, 0.05) is 12.8 Å². The molecule has 2 nitrogen and oxygen atoms in total. The van der Waals surface area contributed by atoms with Crippen molar-refractivity contribution in [1.82, 2.24) is 0 Å². The largest absolute Gasteiger partial charge is 0.313 e. The van der Waals surface area contributed by atoms with Crippen molar-refractivity contribution >= 4 is 12.0 Å². The summed E-state index contributed by atoms with van der Waals surface area (Å²) >= 11 is 0. The van der Waals surface area contributed by atoms with E-state index in [1.165, 1.54) is 6.21 Å². The molecule has 0 bridgehead atoms. The van der Waals surface area contributed by atoms with E-state index in [1.807, 2.05) is 0 Å². The Labute approximate surface area is 54.8 Å². The summed E-state index contributed by atoms with van der Waals surface area (Å²) in [7, 11) is 0. The second-order valence-corrected chi connectivity index (χ2v) is 2.54. The van der Waals surface area contributed by atoms with Gasteiger partial charge in [0.05, 0.1) is 0 Å². The second-order valence-electron chi connectivity index (χ2n) is 2.54. The van der Waals surface area contributed by atoms with Gasteiger partial charge in [0.1, 0.15) is 5.78 Å². The molecular formula is C7H11NO. The monoisotopic (exact) mass is 125 g/mol. The van der Waals surface area contributed by atoms with Crippen molar-refractivity contribution in [2.45, 2.75) is 25.7 Å². The Balaban J connectivity index is 2.34. The molecule has 1 N–H and O–H groups in total. The summed E-state index contributed by atoms with van der Waals surface area (Å²) in [5.41, 5.74) is 0. The zero-order valence-corrected chi connectivity index (χ0v) is 5.39. The Morgan fingerprint density at radius 3 is 2.44 bits per heavy atom. The van der Waals surface area contributed by atoms with Crippen LogP contribution < -0.4 is 0 Å². The van der Waals surface area contributed by atoms with Crippen LogP contribution in [0.3, 0.4) is 0 Å². The molecule has 0 heterocycles. The van der Waals surface area contributed by atoms with Crippen LogP contribution in [-0.2, 0) is 4.79 Å². The van der Waals surface area contributed by atoms with Crippen molar-refractivity contribution in [3.05, 3.63) is 0 Å². The smallest absolute Gasteiger partial charge is 0.132 e. The molecule has 1 saturated carbocycles. The molecule has 1 rings (SSSR count). The first kappa shape index (κ1) is 6.46. The summed E-state index contributed by atoms with van der Waals surface area (Å²) in [6.45, 7) is 0. The quantitative estimate of drug-likeness (QED) is 0.529. The highest BCUT2D eigenvalue weighted by atomic mass is 16.1. The van der Waals surface area contributed by atoms with Crippen molar-refractivity contribution in [1.29, 1.82) is 5.41 Å². The Bertz CT molecular complexity index is 121. The van der Waals surface area contributed by atoms with Gasteiger partial charge in [0.25, 0.3) is 0 Å². The Hall–Kier alpha value is -0.660. The third-order valence-corrected chi connectivity index (χ3v) is 1.82. The SMILES string of the molecule is N=CC1CCC(=O)CC1. The molecule has 50 valence electrons.